The summed E-state index contributed by atoms with van der Waals surface area (Å²) < 4.78 is 0. The van der Waals surface area contributed by atoms with Crippen LogP contribution in [0.4, 0.5) is 0 Å². The minimum atomic E-state index is -0.0981. The van der Waals surface area contributed by atoms with Gasteiger partial charge in [-0.1, -0.05) is 0 Å². The summed E-state index contributed by atoms with van der Waals surface area (Å²) in [7, 11) is 0. The van der Waals surface area contributed by atoms with E-state index in [9.17, 15) is 4.79 Å². The number of aromatic amines is 1. The van der Waals surface area contributed by atoms with Crippen molar-refractivity contribution in [1.29, 1.82) is 0 Å². The van der Waals surface area contributed by atoms with Crippen LogP contribution in [-0.4, -0.2) is 50.4 Å². The first-order valence-electron chi connectivity index (χ1n) is 7.97. The Morgan fingerprint density at radius 1 is 1.30 bits per heavy atom. The van der Waals surface area contributed by atoms with Gasteiger partial charge in [-0.05, 0) is 38.8 Å². The number of nitrogens with one attached hydrogen (secondary N) is 2. The number of hydrogen-bond acceptors (Lipinski definition) is 5. The summed E-state index contributed by atoms with van der Waals surface area (Å²) in [5, 5.41) is 2.98. The second-order valence-electron chi connectivity index (χ2n) is 6.07. The molecule has 1 aliphatic heterocycles. The number of aryl methyl sites for hydroxylation is 1. The first-order chi connectivity index (χ1) is 11.2. The maximum absolute atomic E-state index is 12.0. The lowest BCUT2D eigenvalue weighted by atomic mass is 9.96. The molecular weight excluding hydrogens is 292 g/mol. The number of nitrogens with zero attached hydrogens (tertiary/aromatic N) is 4. The molecule has 1 aliphatic rings. The van der Waals surface area contributed by atoms with Gasteiger partial charge in [-0.2, -0.15) is 0 Å². The molecule has 0 aliphatic carbocycles. The standard InChI is InChI=1S/C16H22N6O/c1-12-6-19-15(21-12)10-22-4-2-13(3-5-22)7-20-16(23)14-8-17-11-18-9-14/h6,8-9,11,13H,2-5,7,10H2,1H3,(H,19,21)(H,20,23). The largest absolute Gasteiger partial charge is 0.352 e. The van der Waals surface area contributed by atoms with Crippen LogP contribution < -0.4 is 5.32 Å². The molecule has 1 amide bonds. The van der Waals surface area contributed by atoms with Crippen molar-refractivity contribution in [3.8, 4) is 0 Å². The van der Waals surface area contributed by atoms with Crippen LogP contribution in [0.1, 0.15) is 34.7 Å². The van der Waals surface area contributed by atoms with Crippen molar-refractivity contribution in [2.75, 3.05) is 19.6 Å². The van der Waals surface area contributed by atoms with Gasteiger partial charge in [0, 0.05) is 30.8 Å². The SMILES string of the molecule is Cc1cnc(CN2CCC(CNC(=O)c3cncnc3)CC2)[nH]1. The van der Waals surface area contributed by atoms with E-state index in [1.165, 1.54) is 18.7 Å². The van der Waals surface area contributed by atoms with Crippen LogP contribution in [0.2, 0.25) is 0 Å². The Morgan fingerprint density at radius 2 is 2.04 bits per heavy atom. The number of hydrogen-bond donors (Lipinski definition) is 2. The molecule has 0 atom stereocenters. The molecule has 0 spiro atoms. The lowest BCUT2D eigenvalue weighted by molar-refractivity contribution is 0.0934. The van der Waals surface area contributed by atoms with Crippen LogP contribution in [0.15, 0.2) is 24.9 Å². The second kappa shape index (κ2) is 7.32. The average Bonchev–Trinajstić information content (AvgIpc) is 2.99. The van der Waals surface area contributed by atoms with Gasteiger partial charge in [-0.15, -0.1) is 0 Å². The Kier molecular flexibility index (Phi) is 4.97. The number of H-pyrrole nitrogens is 1. The lowest BCUT2D eigenvalue weighted by Gasteiger charge is -2.31. The molecule has 1 saturated heterocycles. The molecule has 3 heterocycles. The smallest absolute Gasteiger partial charge is 0.254 e. The maximum Gasteiger partial charge on any atom is 0.254 e. The summed E-state index contributed by atoms with van der Waals surface area (Å²) in [6.07, 6.45) is 8.54. The summed E-state index contributed by atoms with van der Waals surface area (Å²) in [6, 6.07) is 0. The van der Waals surface area contributed by atoms with Crippen molar-refractivity contribution in [2.24, 2.45) is 5.92 Å². The van der Waals surface area contributed by atoms with Crippen LogP contribution in [0.3, 0.4) is 0 Å². The molecule has 7 nitrogen and oxygen atoms in total. The Hall–Kier alpha value is -2.28. The number of piperidine rings is 1. The quantitative estimate of drug-likeness (QED) is 0.864. The Labute approximate surface area is 135 Å². The molecule has 0 saturated carbocycles. The summed E-state index contributed by atoms with van der Waals surface area (Å²) in [6.45, 7) is 5.67. The molecule has 3 rings (SSSR count). The highest BCUT2D eigenvalue weighted by Gasteiger charge is 2.20. The van der Waals surface area contributed by atoms with E-state index >= 15 is 0 Å². The zero-order valence-electron chi connectivity index (χ0n) is 13.3. The lowest BCUT2D eigenvalue weighted by Crippen LogP contribution is -2.38. The van der Waals surface area contributed by atoms with Gasteiger partial charge in [0.15, 0.2) is 0 Å². The molecule has 0 aromatic carbocycles. The number of likely N-dealkylation sites (tertiary alicyclic amines) is 1. The monoisotopic (exact) mass is 314 g/mol. The van der Waals surface area contributed by atoms with Gasteiger partial charge in [0.25, 0.3) is 5.91 Å². The molecule has 0 bridgehead atoms. The van der Waals surface area contributed by atoms with Gasteiger partial charge in [0.2, 0.25) is 0 Å². The highest BCUT2D eigenvalue weighted by molar-refractivity contribution is 5.93. The molecule has 7 heteroatoms. The molecule has 1 fully saturated rings. The van der Waals surface area contributed by atoms with E-state index in [0.29, 0.717) is 18.0 Å². The molecule has 2 aromatic heterocycles. The van der Waals surface area contributed by atoms with Gasteiger partial charge in [0.1, 0.15) is 12.2 Å². The number of carbonyl (C=O) groups is 1. The predicted octanol–water partition coefficient (Wildman–Crippen LogP) is 1.15. The number of imidazole rings is 1. The van der Waals surface area contributed by atoms with Crippen molar-refractivity contribution >= 4 is 5.91 Å². The van der Waals surface area contributed by atoms with Crippen molar-refractivity contribution in [1.82, 2.24) is 30.2 Å². The van der Waals surface area contributed by atoms with Crippen LogP contribution in [0.25, 0.3) is 0 Å². The highest BCUT2D eigenvalue weighted by atomic mass is 16.1. The van der Waals surface area contributed by atoms with Gasteiger partial charge >= 0.3 is 0 Å². The van der Waals surface area contributed by atoms with Gasteiger partial charge in [-0.3, -0.25) is 9.69 Å². The van der Waals surface area contributed by atoms with Crippen LogP contribution in [0, 0.1) is 12.8 Å². The minimum absolute atomic E-state index is 0.0981. The second-order valence-corrected chi connectivity index (χ2v) is 6.07. The molecular formula is C16H22N6O. The number of aromatic nitrogens is 4. The van der Waals surface area contributed by atoms with Crippen LogP contribution in [0.5, 0.6) is 0 Å². The van der Waals surface area contributed by atoms with Crippen LogP contribution in [-0.2, 0) is 6.54 Å². The normalized spacial score (nSPS) is 16.4. The van der Waals surface area contributed by atoms with E-state index in [-0.39, 0.29) is 5.91 Å². The molecule has 0 unspecified atom stereocenters. The average molecular weight is 314 g/mol. The molecule has 122 valence electrons. The van der Waals surface area contributed by atoms with E-state index in [1.54, 1.807) is 0 Å². The predicted molar refractivity (Wildman–Crippen MR) is 85.7 cm³/mol. The zero-order chi connectivity index (χ0) is 16.1. The van der Waals surface area contributed by atoms with Gasteiger partial charge in [-0.25, -0.2) is 15.0 Å². The Morgan fingerprint density at radius 3 is 2.70 bits per heavy atom. The highest BCUT2D eigenvalue weighted by Crippen LogP contribution is 2.17. The molecule has 0 radical (unpaired) electrons. The maximum atomic E-state index is 12.0. The van der Waals surface area contributed by atoms with Crippen molar-refractivity contribution in [3.05, 3.63) is 42.0 Å². The van der Waals surface area contributed by atoms with Crippen molar-refractivity contribution in [2.45, 2.75) is 26.3 Å². The van der Waals surface area contributed by atoms with Gasteiger partial charge in [0.05, 0.1) is 12.1 Å². The molecule has 2 aromatic rings. The fourth-order valence-electron chi connectivity index (χ4n) is 2.86. The summed E-state index contributed by atoms with van der Waals surface area (Å²) in [4.78, 5) is 29.7. The van der Waals surface area contributed by atoms with E-state index in [2.05, 4.69) is 30.2 Å². The minimum Gasteiger partial charge on any atom is -0.352 e. The third-order valence-electron chi connectivity index (χ3n) is 4.21. The third-order valence-corrected chi connectivity index (χ3v) is 4.21. The van der Waals surface area contributed by atoms with Gasteiger partial charge < -0.3 is 10.3 Å². The Bertz CT molecular complexity index is 633. The topological polar surface area (TPSA) is 86.8 Å². The summed E-state index contributed by atoms with van der Waals surface area (Å²) >= 11 is 0. The summed E-state index contributed by atoms with van der Waals surface area (Å²) in [5.74, 6) is 1.45. The number of carbonyl (C=O) groups excluding carboxylic acids is 1. The first-order valence-corrected chi connectivity index (χ1v) is 7.97. The van der Waals surface area contributed by atoms with Crippen LogP contribution >= 0.6 is 0 Å². The van der Waals surface area contributed by atoms with E-state index in [0.717, 1.165) is 44.0 Å². The zero-order valence-corrected chi connectivity index (χ0v) is 13.3. The first kappa shape index (κ1) is 15.6. The fraction of sp³-hybridized carbons (Fsp3) is 0.500. The third kappa shape index (κ3) is 4.35. The van der Waals surface area contributed by atoms with Crippen molar-refractivity contribution < 1.29 is 4.79 Å². The summed E-state index contributed by atoms with van der Waals surface area (Å²) in [5.41, 5.74) is 1.61. The number of amides is 1. The van der Waals surface area contributed by atoms with Crippen molar-refractivity contribution in [3.63, 3.8) is 0 Å². The molecule has 23 heavy (non-hydrogen) atoms. The van der Waals surface area contributed by atoms with E-state index in [1.807, 2.05) is 13.1 Å². The molecule has 2 N–H and O–H groups in total. The van der Waals surface area contributed by atoms with E-state index in [4.69, 9.17) is 0 Å². The fourth-order valence-corrected chi connectivity index (χ4v) is 2.86. The van der Waals surface area contributed by atoms with E-state index < -0.39 is 0 Å². The number of rotatable bonds is 5. The Balaban J connectivity index is 1.40.